The largest absolute Gasteiger partial charge is 0.369 e. The number of aromatic nitrogens is 2. The highest BCUT2D eigenvalue weighted by Gasteiger charge is 2.12. The Kier molecular flexibility index (Phi) is 5.55. The van der Waals surface area contributed by atoms with Crippen LogP contribution in [0, 0.1) is 0 Å². The molecule has 0 saturated heterocycles. The van der Waals surface area contributed by atoms with Gasteiger partial charge in [-0.3, -0.25) is 0 Å². The summed E-state index contributed by atoms with van der Waals surface area (Å²) in [5, 5.41) is 6.55. The third-order valence-corrected chi connectivity index (χ3v) is 3.53. The molecule has 1 aromatic heterocycles. The van der Waals surface area contributed by atoms with Gasteiger partial charge >= 0.3 is 0 Å². The summed E-state index contributed by atoms with van der Waals surface area (Å²) in [7, 11) is 4.10. The van der Waals surface area contributed by atoms with Crippen molar-refractivity contribution in [3.63, 3.8) is 0 Å². The lowest BCUT2D eigenvalue weighted by atomic mass is 9.87. The molecule has 0 unspecified atom stereocenters. The second-order valence-corrected chi connectivity index (χ2v) is 6.95. The van der Waals surface area contributed by atoms with E-state index in [1.807, 2.05) is 6.07 Å². The molecule has 5 heteroatoms. The normalized spacial score (nSPS) is 11.6. The summed E-state index contributed by atoms with van der Waals surface area (Å²) in [5.74, 6) is 1.43. The topological polar surface area (TPSA) is 53.1 Å². The molecule has 0 bridgehead atoms. The van der Waals surface area contributed by atoms with Gasteiger partial charge in [0, 0.05) is 25.0 Å². The Morgan fingerprint density at radius 2 is 1.74 bits per heavy atom. The summed E-state index contributed by atoms with van der Waals surface area (Å²) in [6.07, 6.45) is 1.76. The van der Waals surface area contributed by atoms with Crippen LogP contribution in [0.4, 0.5) is 17.5 Å². The zero-order valence-corrected chi connectivity index (χ0v) is 14.7. The lowest BCUT2D eigenvalue weighted by Crippen LogP contribution is -2.21. The second kappa shape index (κ2) is 7.42. The van der Waals surface area contributed by atoms with Gasteiger partial charge < -0.3 is 15.5 Å². The Morgan fingerprint density at radius 3 is 2.35 bits per heavy atom. The van der Waals surface area contributed by atoms with Crippen LogP contribution in [0.5, 0.6) is 0 Å². The first-order chi connectivity index (χ1) is 10.8. The molecule has 124 valence electrons. The van der Waals surface area contributed by atoms with E-state index in [9.17, 15) is 0 Å². The van der Waals surface area contributed by atoms with Gasteiger partial charge in [0.05, 0.1) is 0 Å². The molecule has 1 heterocycles. The van der Waals surface area contributed by atoms with Crippen molar-refractivity contribution >= 4 is 17.5 Å². The third-order valence-electron chi connectivity index (χ3n) is 3.53. The number of benzene rings is 1. The van der Waals surface area contributed by atoms with Gasteiger partial charge in [0.15, 0.2) is 0 Å². The van der Waals surface area contributed by atoms with E-state index in [0.717, 1.165) is 24.6 Å². The van der Waals surface area contributed by atoms with Crippen molar-refractivity contribution < 1.29 is 0 Å². The lowest BCUT2D eigenvalue weighted by Gasteiger charge is -2.19. The van der Waals surface area contributed by atoms with Gasteiger partial charge in [-0.15, -0.1) is 0 Å². The van der Waals surface area contributed by atoms with Crippen molar-refractivity contribution in [2.24, 2.45) is 0 Å². The fraction of sp³-hybridized carbons (Fsp3) is 0.444. The predicted octanol–water partition coefficient (Wildman–Crippen LogP) is 3.49. The molecule has 2 N–H and O–H groups in total. The third kappa shape index (κ3) is 5.53. The number of likely N-dealkylation sites (N-methyl/N-ethyl adjacent to an activating group) is 1. The van der Waals surface area contributed by atoms with E-state index in [4.69, 9.17) is 0 Å². The standard InChI is InChI=1S/C18H27N5/c1-18(2,3)14-6-8-15(9-7-14)21-17-20-11-10-16(22-17)19-12-13-23(4)5/h6-11H,12-13H2,1-5H3,(H2,19,20,21,22). The minimum atomic E-state index is 0.158. The number of nitrogens with zero attached hydrogens (tertiary/aromatic N) is 3. The summed E-state index contributed by atoms with van der Waals surface area (Å²) in [4.78, 5) is 10.9. The van der Waals surface area contributed by atoms with Crippen LogP contribution >= 0.6 is 0 Å². The van der Waals surface area contributed by atoms with Gasteiger partial charge in [-0.25, -0.2) is 4.98 Å². The Morgan fingerprint density at radius 1 is 1.04 bits per heavy atom. The van der Waals surface area contributed by atoms with E-state index < -0.39 is 0 Å². The first-order valence-electron chi connectivity index (χ1n) is 7.94. The summed E-state index contributed by atoms with van der Waals surface area (Å²) in [5.41, 5.74) is 2.46. The zero-order chi connectivity index (χ0) is 16.9. The lowest BCUT2D eigenvalue weighted by molar-refractivity contribution is 0.425. The molecule has 0 aliphatic rings. The first kappa shape index (κ1) is 17.2. The molecular formula is C18H27N5. The Balaban J connectivity index is 2.00. The van der Waals surface area contributed by atoms with Crippen molar-refractivity contribution in [3.8, 4) is 0 Å². The van der Waals surface area contributed by atoms with Gasteiger partial charge in [0.25, 0.3) is 0 Å². The zero-order valence-electron chi connectivity index (χ0n) is 14.7. The van der Waals surface area contributed by atoms with E-state index in [2.05, 4.69) is 84.6 Å². The molecule has 0 fully saturated rings. The maximum Gasteiger partial charge on any atom is 0.229 e. The fourth-order valence-electron chi connectivity index (χ4n) is 2.11. The second-order valence-electron chi connectivity index (χ2n) is 6.95. The molecule has 23 heavy (non-hydrogen) atoms. The van der Waals surface area contributed by atoms with Crippen LogP contribution in [-0.2, 0) is 5.41 Å². The molecule has 1 aromatic carbocycles. The van der Waals surface area contributed by atoms with Crippen LogP contribution in [0.3, 0.4) is 0 Å². The highest BCUT2D eigenvalue weighted by molar-refractivity contribution is 5.55. The molecule has 0 radical (unpaired) electrons. The number of hydrogen-bond donors (Lipinski definition) is 2. The van der Waals surface area contributed by atoms with Crippen molar-refractivity contribution in [2.45, 2.75) is 26.2 Å². The van der Waals surface area contributed by atoms with Crippen LogP contribution in [0.1, 0.15) is 26.3 Å². The smallest absolute Gasteiger partial charge is 0.229 e. The van der Waals surface area contributed by atoms with E-state index in [0.29, 0.717) is 5.95 Å². The van der Waals surface area contributed by atoms with Gasteiger partial charge in [-0.1, -0.05) is 32.9 Å². The Bertz CT molecular complexity index is 614. The van der Waals surface area contributed by atoms with Crippen molar-refractivity contribution in [1.29, 1.82) is 0 Å². The molecule has 2 aromatic rings. The van der Waals surface area contributed by atoms with Crippen LogP contribution in [0.25, 0.3) is 0 Å². The fourth-order valence-corrected chi connectivity index (χ4v) is 2.11. The highest BCUT2D eigenvalue weighted by Crippen LogP contribution is 2.24. The Labute approximate surface area is 139 Å². The molecule has 0 spiro atoms. The number of hydrogen-bond acceptors (Lipinski definition) is 5. The van der Waals surface area contributed by atoms with E-state index >= 15 is 0 Å². The molecule has 0 aliphatic carbocycles. The van der Waals surface area contributed by atoms with Crippen molar-refractivity contribution in [1.82, 2.24) is 14.9 Å². The van der Waals surface area contributed by atoms with E-state index in [-0.39, 0.29) is 5.41 Å². The van der Waals surface area contributed by atoms with Crippen molar-refractivity contribution in [3.05, 3.63) is 42.1 Å². The molecule has 0 atom stereocenters. The average Bonchev–Trinajstić information content (AvgIpc) is 2.47. The molecule has 0 aliphatic heterocycles. The molecule has 0 saturated carbocycles. The maximum atomic E-state index is 4.48. The molecule has 2 rings (SSSR count). The van der Waals surface area contributed by atoms with E-state index in [1.165, 1.54) is 5.56 Å². The number of anilines is 3. The van der Waals surface area contributed by atoms with Crippen LogP contribution in [0.15, 0.2) is 36.5 Å². The van der Waals surface area contributed by atoms with Crippen LogP contribution < -0.4 is 10.6 Å². The summed E-state index contributed by atoms with van der Waals surface area (Å²) in [6, 6.07) is 10.3. The van der Waals surface area contributed by atoms with Crippen molar-refractivity contribution in [2.75, 3.05) is 37.8 Å². The quantitative estimate of drug-likeness (QED) is 0.855. The minimum Gasteiger partial charge on any atom is -0.369 e. The van der Waals surface area contributed by atoms with Gasteiger partial charge in [0.2, 0.25) is 5.95 Å². The summed E-state index contributed by atoms with van der Waals surface area (Å²) in [6.45, 7) is 8.44. The van der Waals surface area contributed by atoms with Gasteiger partial charge in [0.1, 0.15) is 5.82 Å². The monoisotopic (exact) mass is 313 g/mol. The highest BCUT2D eigenvalue weighted by atomic mass is 15.1. The summed E-state index contributed by atoms with van der Waals surface area (Å²) < 4.78 is 0. The van der Waals surface area contributed by atoms with Gasteiger partial charge in [-0.2, -0.15) is 4.98 Å². The van der Waals surface area contributed by atoms with E-state index in [1.54, 1.807) is 6.20 Å². The summed E-state index contributed by atoms with van der Waals surface area (Å²) >= 11 is 0. The molecule has 5 nitrogen and oxygen atoms in total. The predicted molar refractivity (Wildman–Crippen MR) is 97.5 cm³/mol. The first-order valence-corrected chi connectivity index (χ1v) is 7.94. The molecule has 0 amide bonds. The van der Waals surface area contributed by atoms with Crippen LogP contribution in [0.2, 0.25) is 0 Å². The van der Waals surface area contributed by atoms with Crippen LogP contribution in [-0.4, -0.2) is 42.1 Å². The van der Waals surface area contributed by atoms with Gasteiger partial charge in [-0.05, 0) is 43.3 Å². The molecular weight excluding hydrogens is 286 g/mol. The number of nitrogens with one attached hydrogen (secondary N) is 2. The minimum absolute atomic E-state index is 0.158. The SMILES string of the molecule is CN(C)CCNc1ccnc(Nc2ccc(C(C)(C)C)cc2)n1. The average molecular weight is 313 g/mol. The maximum absolute atomic E-state index is 4.48. The number of rotatable bonds is 6. The Hall–Kier alpha value is -2.14.